The molecule has 0 aliphatic carbocycles. The molecular formula is C11H12N4OS. The predicted octanol–water partition coefficient (Wildman–Crippen LogP) is 1.86. The molecule has 0 aromatic carbocycles. The SMILES string of the molecule is CN(C)c1ncc(NC(=O)c2cccs2)cn1. The maximum absolute atomic E-state index is 11.7. The molecule has 2 aromatic rings. The minimum absolute atomic E-state index is 0.138. The average Bonchev–Trinajstić information content (AvgIpc) is 2.83. The first-order valence-corrected chi connectivity index (χ1v) is 5.89. The lowest BCUT2D eigenvalue weighted by Crippen LogP contribution is -2.14. The highest BCUT2D eigenvalue weighted by atomic mass is 32.1. The van der Waals surface area contributed by atoms with Gasteiger partial charge in [-0.15, -0.1) is 11.3 Å². The topological polar surface area (TPSA) is 58.1 Å². The quantitative estimate of drug-likeness (QED) is 0.900. The second-order valence-electron chi connectivity index (χ2n) is 3.60. The zero-order valence-electron chi connectivity index (χ0n) is 9.54. The van der Waals surface area contributed by atoms with Crippen LogP contribution >= 0.6 is 11.3 Å². The number of carbonyl (C=O) groups excluding carboxylic acids is 1. The molecule has 0 spiro atoms. The largest absolute Gasteiger partial charge is 0.347 e. The van der Waals surface area contributed by atoms with Crippen molar-refractivity contribution in [3.63, 3.8) is 0 Å². The van der Waals surface area contributed by atoms with E-state index >= 15 is 0 Å². The third-order valence-corrected chi connectivity index (χ3v) is 2.91. The van der Waals surface area contributed by atoms with E-state index in [0.717, 1.165) is 0 Å². The molecule has 5 nitrogen and oxygen atoms in total. The second-order valence-corrected chi connectivity index (χ2v) is 4.55. The van der Waals surface area contributed by atoms with Crippen LogP contribution in [-0.2, 0) is 0 Å². The molecule has 0 saturated heterocycles. The minimum Gasteiger partial charge on any atom is -0.347 e. The van der Waals surface area contributed by atoms with E-state index in [2.05, 4.69) is 15.3 Å². The molecule has 6 heteroatoms. The zero-order valence-corrected chi connectivity index (χ0v) is 10.4. The Morgan fingerprint density at radius 2 is 2.06 bits per heavy atom. The van der Waals surface area contributed by atoms with Gasteiger partial charge in [-0.3, -0.25) is 4.79 Å². The molecule has 0 bridgehead atoms. The number of rotatable bonds is 3. The van der Waals surface area contributed by atoms with Crippen LogP contribution in [0.3, 0.4) is 0 Å². The highest BCUT2D eigenvalue weighted by Gasteiger charge is 2.07. The second kappa shape index (κ2) is 4.92. The number of aromatic nitrogens is 2. The summed E-state index contributed by atoms with van der Waals surface area (Å²) in [6.07, 6.45) is 3.18. The summed E-state index contributed by atoms with van der Waals surface area (Å²) in [5.74, 6) is 0.473. The maximum atomic E-state index is 11.7. The summed E-state index contributed by atoms with van der Waals surface area (Å²) in [6.45, 7) is 0. The van der Waals surface area contributed by atoms with E-state index in [4.69, 9.17) is 0 Å². The van der Waals surface area contributed by atoms with E-state index in [-0.39, 0.29) is 5.91 Å². The van der Waals surface area contributed by atoms with Gasteiger partial charge in [0.2, 0.25) is 5.95 Å². The molecular weight excluding hydrogens is 236 g/mol. The molecule has 0 saturated carbocycles. The lowest BCUT2D eigenvalue weighted by Gasteiger charge is -2.09. The van der Waals surface area contributed by atoms with Crippen LogP contribution < -0.4 is 10.2 Å². The van der Waals surface area contributed by atoms with E-state index in [9.17, 15) is 4.79 Å². The van der Waals surface area contributed by atoms with Gasteiger partial charge >= 0.3 is 0 Å². The molecule has 88 valence electrons. The van der Waals surface area contributed by atoms with Crippen LogP contribution in [0.15, 0.2) is 29.9 Å². The molecule has 17 heavy (non-hydrogen) atoms. The number of nitrogens with one attached hydrogen (secondary N) is 1. The van der Waals surface area contributed by atoms with Crippen LogP contribution in [0.2, 0.25) is 0 Å². The number of hydrogen-bond donors (Lipinski definition) is 1. The lowest BCUT2D eigenvalue weighted by atomic mass is 10.4. The molecule has 2 rings (SSSR count). The molecule has 0 radical (unpaired) electrons. The van der Waals surface area contributed by atoms with Crippen molar-refractivity contribution in [2.75, 3.05) is 24.3 Å². The number of amides is 1. The number of thiophene rings is 1. The Morgan fingerprint density at radius 1 is 1.35 bits per heavy atom. The first-order valence-electron chi connectivity index (χ1n) is 5.01. The van der Waals surface area contributed by atoms with Crippen LogP contribution in [-0.4, -0.2) is 30.0 Å². The van der Waals surface area contributed by atoms with Gasteiger partial charge in [-0.1, -0.05) is 6.07 Å². The molecule has 0 unspecified atom stereocenters. The summed E-state index contributed by atoms with van der Waals surface area (Å²) in [5, 5.41) is 4.60. The summed E-state index contributed by atoms with van der Waals surface area (Å²) in [4.78, 5) is 22.4. The van der Waals surface area contributed by atoms with Crippen LogP contribution in [0.25, 0.3) is 0 Å². The van der Waals surface area contributed by atoms with Crippen LogP contribution in [0.1, 0.15) is 9.67 Å². The van der Waals surface area contributed by atoms with Crippen LogP contribution in [0, 0.1) is 0 Å². The van der Waals surface area contributed by atoms with Crippen molar-refractivity contribution in [3.05, 3.63) is 34.8 Å². The van der Waals surface area contributed by atoms with E-state index in [1.165, 1.54) is 11.3 Å². The van der Waals surface area contributed by atoms with E-state index in [1.54, 1.807) is 23.4 Å². The monoisotopic (exact) mass is 248 g/mol. The molecule has 0 aliphatic heterocycles. The Balaban J connectivity index is 2.07. The third kappa shape index (κ3) is 2.79. The first-order chi connectivity index (χ1) is 8.16. The van der Waals surface area contributed by atoms with Gasteiger partial charge in [0, 0.05) is 14.1 Å². The van der Waals surface area contributed by atoms with Gasteiger partial charge in [0.15, 0.2) is 0 Å². The summed E-state index contributed by atoms with van der Waals surface area (Å²) >= 11 is 1.40. The van der Waals surface area contributed by atoms with Crippen molar-refractivity contribution < 1.29 is 4.79 Å². The lowest BCUT2D eigenvalue weighted by molar-refractivity contribution is 0.103. The molecule has 0 aliphatic rings. The molecule has 2 aromatic heterocycles. The Kier molecular flexibility index (Phi) is 3.34. The van der Waals surface area contributed by atoms with Crippen molar-refractivity contribution in [2.45, 2.75) is 0 Å². The molecule has 1 amide bonds. The average molecular weight is 248 g/mol. The fourth-order valence-corrected chi connectivity index (χ4v) is 1.84. The smallest absolute Gasteiger partial charge is 0.265 e. The van der Waals surface area contributed by atoms with Gasteiger partial charge in [-0.25, -0.2) is 9.97 Å². The zero-order chi connectivity index (χ0) is 12.3. The summed E-state index contributed by atoms with van der Waals surface area (Å²) in [7, 11) is 3.72. The standard InChI is InChI=1S/C11H12N4OS/c1-15(2)11-12-6-8(7-13-11)14-10(16)9-4-3-5-17-9/h3-7H,1-2H3,(H,14,16). The molecule has 0 atom stereocenters. The minimum atomic E-state index is -0.138. The van der Waals surface area contributed by atoms with Crippen molar-refractivity contribution in [1.29, 1.82) is 0 Å². The molecule has 2 heterocycles. The third-order valence-electron chi connectivity index (χ3n) is 2.04. The van der Waals surface area contributed by atoms with Crippen molar-refractivity contribution in [1.82, 2.24) is 9.97 Å². The number of hydrogen-bond acceptors (Lipinski definition) is 5. The van der Waals surface area contributed by atoms with Crippen molar-refractivity contribution >= 4 is 28.9 Å². The van der Waals surface area contributed by atoms with Gasteiger partial charge in [-0.2, -0.15) is 0 Å². The predicted molar refractivity (Wildman–Crippen MR) is 68.6 cm³/mol. The van der Waals surface area contributed by atoms with Crippen LogP contribution in [0.4, 0.5) is 11.6 Å². The Bertz CT molecular complexity index is 493. The summed E-state index contributed by atoms with van der Waals surface area (Å²) in [5.41, 5.74) is 0.592. The van der Waals surface area contributed by atoms with Crippen molar-refractivity contribution in [2.24, 2.45) is 0 Å². The Morgan fingerprint density at radius 3 is 2.59 bits per heavy atom. The van der Waals surface area contributed by atoms with Gasteiger partial charge in [0.25, 0.3) is 5.91 Å². The number of carbonyl (C=O) groups is 1. The first kappa shape index (κ1) is 11.5. The fourth-order valence-electron chi connectivity index (χ4n) is 1.22. The number of anilines is 2. The van der Waals surface area contributed by atoms with Crippen LogP contribution in [0.5, 0.6) is 0 Å². The summed E-state index contributed by atoms with van der Waals surface area (Å²) < 4.78 is 0. The van der Waals surface area contributed by atoms with E-state index in [1.807, 2.05) is 25.5 Å². The highest BCUT2D eigenvalue weighted by molar-refractivity contribution is 7.12. The Hall–Kier alpha value is -1.95. The van der Waals surface area contributed by atoms with Gasteiger partial charge in [-0.05, 0) is 11.4 Å². The molecule has 1 N–H and O–H groups in total. The summed E-state index contributed by atoms with van der Waals surface area (Å²) in [6, 6.07) is 3.61. The normalized spacial score (nSPS) is 10.0. The molecule has 0 fully saturated rings. The Labute approximate surface area is 103 Å². The van der Waals surface area contributed by atoms with Gasteiger partial charge < -0.3 is 10.2 Å². The van der Waals surface area contributed by atoms with E-state index < -0.39 is 0 Å². The fraction of sp³-hybridized carbons (Fsp3) is 0.182. The number of nitrogens with zero attached hydrogens (tertiary/aromatic N) is 3. The van der Waals surface area contributed by atoms with Gasteiger partial charge in [0.1, 0.15) is 0 Å². The maximum Gasteiger partial charge on any atom is 0.265 e. The van der Waals surface area contributed by atoms with E-state index in [0.29, 0.717) is 16.5 Å². The van der Waals surface area contributed by atoms with Gasteiger partial charge in [0.05, 0.1) is 23.0 Å². The highest BCUT2D eigenvalue weighted by Crippen LogP contribution is 2.12. The van der Waals surface area contributed by atoms with Crippen molar-refractivity contribution in [3.8, 4) is 0 Å².